The fourth-order valence-corrected chi connectivity index (χ4v) is 3.56. The number of hydrogen-bond donors (Lipinski definition) is 1. The molecule has 0 aliphatic rings. The Hall–Kier alpha value is -3.33. The van der Waals surface area contributed by atoms with Gasteiger partial charge < -0.3 is 5.32 Å². The number of nitrogens with zero attached hydrogens (tertiary/aromatic N) is 2. The van der Waals surface area contributed by atoms with Crippen LogP contribution in [0.3, 0.4) is 0 Å². The number of aromatic nitrogens is 2. The molecule has 0 saturated carbocycles. The number of amides is 1. The zero-order chi connectivity index (χ0) is 21.3. The van der Waals surface area contributed by atoms with E-state index in [-0.39, 0.29) is 28.8 Å². The van der Waals surface area contributed by atoms with Gasteiger partial charge in [-0.25, -0.2) is 14.4 Å². The number of alkyl halides is 3. The van der Waals surface area contributed by atoms with Crippen LogP contribution in [-0.4, -0.2) is 15.9 Å². The molecule has 152 valence electrons. The Balaban J connectivity index is 1.73. The Morgan fingerprint density at radius 2 is 1.90 bits per heavy atom. The number of fused-ring (bicyclic) bond motifs is 1. The molecule has 0 bridgehead atoms. The van der Waals surface area contributed by atoms with Crippen LogP contribution in [0.1, 0.15) is 11.1 Å². The molecule has 4 nitrogen and oxygen atoms in total. The van der Waals surface area contributed by atoms with Gasteiger partial charge in [0.05, 0.1) is 23.2 Å². The van der Waals surface area contributed by atoms with Crippen molar-refractivity contribution in [2.75, 3.05) is 5.32 Å². The highest BCUT2D eigenvalue weighted by atomic mass is 32.1. The molecule has 1 amide bonds. The lowest BCUT2D eigenvalue weighted by atomic mass is 10.0. The molecule has 2 heterocycles. The molecule has 2 aromatic heterocycles. The van der Waals surface area contributed by atoms with Gasteiger partial charge in [-0.1, -0.05) is 18.2 Å². The van der Waals surface area contributed by atoms with Gasteiger partial charge in [0.15, 0.2) is 5.13 Å². The van der Waals surface area contributed by atoms with Crippen molar-refractivity contribution in [2.24, 2.45) is 0 Å². The van der Waals surface area contributed by atoms with Crippen molar-refractivity contribution in [1.82, 2.24) is 9.97 Å². The van der Waals surface area contributed by atoms with Gasteiger partial charge >= 0.3 is 6.18 Å². The lowest BCUT2D eigenvalue weighted by Crippen LogP contribution is -2.15. The van der Waals surface area contributed by atoms with Crippen LogP contribution in [0.2, 0.25) is 0 Å². The minimum Gasteiger partial charge on any atom is -0.302 e. The van der Waals surface area contributed by atoms with E-state index in [4.69, 9.17) is 0 Å². The van der Waals surface area contributed by atoms with Crippen LogP contribution in [0.4, 0.5) is 22.7 Å². The number of carbonyl (C=O) groups is 1. The van der Waals surface area contributed by atoms with E-state index in [1.165, 1.54) is 41.8 Å². The molecule has 0 radical (unpaired) electrons. The molecule has 0 atom stereocenters. The second-order valence-electron chi connectivity index (χ2n) is 6.43. The third kappa shape index (κ3) is 4.16. The first-order valence-electron chi connectivity index (χ1n) is 8.76. The maximum absolute atomic E-state index is 14.5. The zero-order valence-electron chi connectivity index (χ0n) is 15.2. The van der Waals surface area contributed by atoms with Crippen LogP contribution in [-0.2, 0) is 17.4 Å². The van der Waals surface area contributed by atoms with Crippen molar-refractivity contribution in [3.63, 3.8) is 0 Å². The molecule has 4 aromatic rings. The quantitative estimate of drug-likeness (QED) is 0.422. The second-order valence-corrected chi connectivity index (χ2v) is 7.33. The highest BCUT2D eigenvalue weighted by Crippen LogP contribution is 2.32. The monoisotopic (exact) mass is 431 g/mol. The predicted octanol–water partition coefficient (Wildman–Crippen LogP) is 5.70. The number of carbonyl (C=O) groups excluding carboxylic acids is 1. The normalized spacial score (nSPS) is 11.6. The zero-order valence-corrected chi connectivity index (χ0v) is 16.0. The molecule has 0 spiro atoms. The SMILES string of the molecule is O=C(Cc1c(F)ccc2ccc(-c3cccc(C(F)(F)F)c3)nc12)Nc1nccs1. The van der Waals surface area contributed by atoms with Gasteiger partial charge in [-0.2, -0.15) is 13.2 Å². The average Bonchev–Trinajstić information content (AvgIpc) is 3.22. The van der Waals surface area contributed by atoms with Crippen molar-refractivity contribution >= 4 is 33.3 Å². The number of nitrogens with one attached hydrogen (secondary N) is 1. The van der Waals surface area contributed by atoms with Gasteiger partial charge in [0.25, 0.3) is 0 Å². The molecule has 0 aliphatic heterocycles. The van der Waals surface area contributed by atoms with E-state index in [0.717, 1.165) is 12.1 Å². The van der Waals surface area contributed by atoms with Crippen molar-refractivity contribution in [1.29, 1.82) is 0 Å². The van der Waals surface area contributed by atoms with E-state index in [2.05, 4.69) is 15.3 Å². The van der Waals surface area contributed by atoms with Crippen LogP contribution in [0, 0.1) is 5.82 Å². The Bertz CT molecular complexity index is 1220. The first-order valence-corrected chi connectivity index (χ1v) is 9.64. The summed E-state index contributed by atoms with van der Waals surface area (Å²) in [6.45, 7) is 0. The second kappa shape index (κ2) is 7.83. The minimum atomic E-state index is -4.49. The Morgan fingerprint density at radius 1 is 1.10 bits per heavy atom. The number of thiazole rings is 1. The van der Waals surface area contributed by atoms with Gasteiger partial charge in [0, 0.05) is 28.1 Å². The molecule has 1 N–H and O–H groups in total. The maximum Gasteiger partial charge on any atom is 0.416 e. The lowest BCUT2D eigenvalue weighted by Gasteiger charge is -2.11. The Kier molecular flexibility index (Phi) is 5.21. The Morgan fingerprint density at radius 3 is 2.63 bits per heavy atom. The average molecular weight is 431 g/mol. The summed E-state index contributed by atoms with van der Waals surface area (Å²) in [5.74, 6) is -1.09. The van der Waals surface area contributed by atoms with Gasteiger partial charge in [0.2, 0.25) is 5.91 Å². The number of halogens is 4. The van der Waals surface area contributed by atoms with Crippen molar-refractivity contribution in [3.05, 3.63) is 77.1 Å². The van der Waals surface area contributed by atoms with Gasteiger partial charge in [0.1, 0.15) is 5.82 Å². The summed E-state index contributed by atoms with van der Waals surface area (Å²) in [5, 5.41) is 5.23. The minimum absolute atomic E-state index is 0.0652. The van der Waals surface area contributed by atoms with Gasteiger partial charge in [-0.05, 0) is 30.3 Å². The predicted molar refractivity (Wildman–Crippen MR) is 107 cm³/mol. The third-order valence-corrected chi connectivity index (χ3v) is 5.10. The van der Waals surface area contributed by atoms with Crippen LogP contribution < -0.4 is 5.32 Å². The molecule has 0 fully saturated rings. The maximum atomic E-state index is 14.5. The smallest absolute Gasteiger partial charge is 0.302 e. The first-order chi connectivity index (χ1) is 14.3. The summed E-state index contributed by atoms with van der Waals surface area (Å²) < 4.78 is 53.6. The van der Waals surface area contributed by atoms with Crippen LogP contribution in [0.15, 0.2) is 60.1 Å². The number of anilines is 1. The van der Waals surface area contributed by atoms with E-state index in [0.29, 0.717) is 10.5 Å². The number of pyridine rings is 1. The fraction of sp³-hybridized carbons (Fsp3) is 0.0952. The summed E-state index contributed by atoms with van der Waals surface area (Å²) in [5.41, 5.74) is -0.0197. The van der Waals surface area contributed by atoms with Crippen molar-refractivity contribution in [3.8, 4) is 11.3 Å². The molecule has 9 heteroatoms. The lowest BCUT2D eigenvalue weighted by molar-refractivity contribution is -0.137. The van der Waals surface area contributed by atoms with E-state index in [1.807, 2.05) is 0 Å². The Labute approximate surface area is 172 Å². The third-order valence-electron chi connectivity index (χ3n) is 4.41. The molecule has 0 saturated heterocycles. The number of benzene rings is 2. The van der Waals surface area contributed by atoms with E-state index >= 15 is 0 Å². The first kappa shape index (κ1) is 20.0. The van der Waals surface area contributed by atoms with E-state index in [1.54, 1.807) is 17.5 Å². The summed E-state index contributed by atoms with van der Waals surface area (Å²) >= 11 is 1.23. The van der Waals surface area contributed by atoms with Crippen molar-refractivity contribution in [2.45, 2.75) is 12.6 Å². The molecule has 4 rings (SSSR count). The number of hydrogen-bond acceptors (Lipinski definition) is 4. The fourth-order valence-electron chi connectivity index (χ4n) is 3.02. The highest BCUT2D eigenvalue weighted by Gasteiger charge is 2.30. The van der Waals surface area contributed by atoms with E-state index in [9.17, 15) is 22.4 Å². The number of rotatable bonds is 4. The topological polar surface area (TPSA) is 54.9 Å². The van der Waals surface area contributed by atoms with Crippen molar-refractivity contribution < 1.29 is 22.4 Å². The van der Waals surface area contributed by atoms with Crippen LogP contribution in [0.5, 0.6) is 0 Å². The van der Waals surface area contributed by atoms with Crippen LogP contribution >= 0.6 is 11.3 Å². The molecular weight excluding hydrogens is 418 g/mol. The largest absolute Gasteiger partial charge is 0.416 e. The molecule has 0 aliphatic carbocycles. The van der Waals surface area contributed by atoms with E-state index < -0.39 is 23.5 Å². The van der Waals surface area contributed by atoms with Crippen LogP contribution in [0.25, 0.3) is 22.2 Å². The summed E-state index contributed by atoms with van der Waals surface area (Å²) in [4.78, 5) is 20.7. The van der Waals surface area contributed by atoms with Gasteiger partial charge in [-0.3, -0.25) is 4.79 Å². The molecule has 2 aromatic carbocycles. The summed E-state index contributed by atoms with van der Waals surface area (Å²) in [6, 6.07) is 10.7. The standard InChI is InChI=1S/C21H13F4N3OS/c22-16-6-4-12-5-7-17(13-2-1-3-14(10-13)21(23,24)25)27-19(12)15(16)11-18(29)28-20-26-8-9-30-20/h1-10H,11H2,(H,26,28,29). The summed E-state index contributed by atoms with van der Waals surface area (Å²) in [7, 11) is 0. The molecule has 30 heavy (non-hydrogen) atoms. The molecule has 0 unspecified atom stereocenters. The summed E-state index contributed by atoms with van der Waals surface area (Å²) in [6.07, 6.45) is -3.25. The highest BCUT2D eigenvalue weighted by molar-refractivity contribution is 7.13. The molecular formula is C21H13F4N3OS. The van der Waals surface area contributed by atoms with Gasteiger partial charge in [-0.15, -0.1) is 11.3 Å².